The number of carbonyl (C=O) groups excluding carboxylic acids is 1. The zero-order valence-corrected chi connectivity index (χ0v) is 12.9. The lowest BCUT2D eigenvalue weighted by atomic mass is 10.1. The van der Waals surface area contributed by atoms with Crippen LogP contribution in [0.25, 0.3) is 0 Å². The lowest BCUT2D eigenvalue weighted by Gasteiger charge is -2.11. The first kappa shape index (κ1) is 15.6. The van der Waals surface area contributed by atoms with E-state index in [9.17, 15) is 4.79 Å². The average molecular weight is 302 g/mol. The normalized spacial score (nSPS) is 10.0. The van der Waals surface area contributed by atoms with E-state index in [1.807, 2.05) is 32.0 Å². The zero-order valence-electron chi connectivity index (χ0n) is 12.9. The van der Waals surface area contributed by atoms with Crippen LogP contribution in [0.15, 0.2) is 24.4 Å². The van der Waals surface area contributed by atoms with Gasteiger partial charge in [-0.15, -0.1) is 0 Å². The van der Waals surface area contributed by atoms with Crippen LogP contribution in [0.4, 0.5) is 16.2 Å². The molecule has 1 aromatic heterocycles. The number of nitrogens with one attached hydrogen (secondary N) is 2. The Morgan fingerprint density at radius 3 is 2.32 bits per heavy atom. The van der Waals surface area contributed by atoms with Gasteiger partial charge >= 0.3 is 12.0 Å². The lowest BCUT2D eigenvalue weighted by Crippen LogP contribution is -2.20. The van der Waals surface area contributed by atoms with Gasteiger partial charge in [0.1, 0.15) is 5.69 Å². The van der Waals surface area contributed by atoms with Crippen molar-refractivity contribution in [1.82, 2.24) is 9.97 Å². The maximum Gasteiger partial charge on any atom is 0.323 e. The molecule has 0 aliphatic rings. The molecule has 0 aliphatic carbocycles. The molecular formula is C15H18N4O3. The van der Waals surface area contributed by atoms with E-state index in [1.54, 1.807) is 0 Å². The summed E-state index contributed by atoms with van der Waals surface area (Å²) in [4.78, 5) is 20.0. The number of urea groups is 1. The third-order valence-electron chi connectivity index (χ3n) is 2.84. The standard InChI is InChI=1S/C15H18N4O3/c1-9-5-10(2)7-11(6-9)17-14(20)18-12-8-16-15(22-4)19-13(12)21-3/h5-8H,1-4H3,(H2,17,18,20). The summed E-state index contributed by atoms with van der Waals surface area (Å²) in [5.41, 5.74) is 3.20. The molecule has 22 heavy (non-hydrogen) atoms. The molecule has 0 atom stereocenters. The number of aryl methyl sites for hydroxylation is 2. The Labute approximate surface area is 128 Å². The van der Waals surface area contributed by atoms with E-state index < -0.39 is 6.03 Å². The molecule has 116 valence electrons. The second-order valence-corrected chi connectivity index (χ2v) is 4.74. The molecule has 7 heteroatoms. The highest BCUT2D eigenvalue weighted by Gasteiger charge is 2.11. The van der Waals surface area contributed by atoms with Gasteiger partial charge in [-0.1, -0.05) is 6.07 Å². The van der Waals surface area contributed by atoms with E-state index in [0.717, 1.165) is 11.1 Å². The second-order valence-electron chi connectivity index (χ2n) is 4.74. The molecular weight excluding hydrogens is 284 g/mol. The van der Waals surface area contributed by atoms with Gasteiger partial charge in [-0.2, -0.15) is 4.98 Å². The number of carbonyl (C=O) groups is 1. The maximum atomic E-state index is 12.1. The highest BCUT2D eigenvalue weighted by molar-refractivity contribution is 6.00. The molecule has 0 spiro atoms. The Kier molecular flexibility index (Phi) is 4.77. The summed E-state index contributed by atoms with van der Waals surface area (Å²) >= 11 is 0. The fraction of sp³-hybridized carbons (Fsp3) is 0.267. The van der Waals surface area contributed by atoms with Crippen LogP contribution >= 0.6 is 0 Å². The molecule has 0 radical (unpaired) electrons. The SMILES string of the molecule is COc1ncc(NC(=O)Nc2cc(C)cc(C)c2)c(OC)n1. The zero-order chi connectivity index (χ0) is 16.1. The van der Waals surface area contributed by atoms with Crippen LogP contribution in [0.1, 0.15) is 11.1 Å². The first-order valence-corrected chi connectivity index (χ1v) is 6.63. The van der Waals surface area contributed by atoms with Gasteiger partial charge in [0.15, 0.2) is 0 Å². The van der Waals surface area contributed by atoms with Crippen LogP contribution in [-0.4, -0.2) is 30.2 Å². The number of aromatic nitrogens is 2. The molecule has 0 aliphatic heterocycles. The van der Waals surface area contributed by atoms with Gasteiger partial charge in [0.25, 0.3) is 0 Å². The fourth-order valence-corrected chi connectivity index (χ4v) is 2.02. The van der Waals surface area contributed by atoms with E-state index >= 15 is 0 Å². The van der Waals surface area contributed by atoms with Crippen molar-refractivity contribution in [1.29, 1.82) is 0 Å². The molecule has 0 bridgehead atoms. The van der Waals surface area contributed by atoms with E-state index in [4.69, 9.17) is 9.47 Å². The van der Waals surface area contributed by atoms with Crippen molar-refractivity contribution in [2.45, 2.75) is 13.8 Å². The number of rotatable bonds is 4. The number of ether oxygens (including phenoxy) is 2. The molecule has 2 amide bonds. The van der Waals surface area contributed by atoms with E-state index in [0.29, 0.717) is 11.4 Å². The summed E-state index contributed by atoms with van der Waals surface area (Å²) in [7, 11) is 2.91. The quantitative estimate of drug-likeness (QED) is 0.907. The second kappa shape index (κ2) is 6.75. The highest BCUT2D eigenvalue weighted by Crippen LogP contribution is 2.23. The molecule has 7 nitrogen and oxygen atoms in total. The fourth-order valence-electron chi connectivity index (χ4n) is 2.02. The van der Waals surface area contributed by atoms with Gasteiger partial charge in [0.05, 0.1) is 20.4 Å². The first-order chi connectivity index (χ1) is 10.5. The summed E-state index contributed by atoms with van der Waals surface area (Å²) in [6, 6.07) is 5.56. The molecule has 0 fully saturated rings. The van der Waals surface area contributed by atoms with Crippen LogP contribution in [0, 0.1) is 13.8 Å². The number of nitrogens with zero attached hydrogens (tertiary/aromatic N) is 2. The molecule has 2 aromatic rings. The largest absolute Gasteiger partial charge is 0.479 e. The van der Waals surface area contributed by atoms with Crippen molar-refractivity contribution >= 4 is 17.4 Å². The van der Waals surface area contributed by atoms with E-state index in [-0.39, 0.29) is 11.9 Å². The highest BCUT2D eigenvalue weighted by atomic mass is 16.5. The van der Waals surface area contributed by atoms with E-state index in [2.05, 4.69) is 20.6 Å². The van der Waals surface area contributed by atoms with Crippen molar-refractivity contribution in [2.75, 3.05) is 24.9 Å². The van der Waals surface area contributed by atoms with Crippen LogP contribution in [-0.2, 0) is 0 Å². The Bertz CT molecular complexity index is 668. The summed E-state index contributed by atoms with van der Waals surface area (Å²) < 4.78 is 10.0. The molecule has 2 N–H and O–H groups in total. The van der Waals surface area contributed by atoms with E-state index in [1.165, 1.54) is 20.4 Å². The predicted octanol–water partition coefficient (Wildman–Crippen LogP) is 2.75. The van der Waals surface area contributed by atoms with Crippen LogP contribution in [0.5, 0.6) is 11.9 Å². The van der Waals surface area contributed by atoms with Gasteiger partial charge in [-0.3, -0.25) is 0 Å². The first-order valence-electron chi connectivity index (χ1n) is 6.63. The number of benzene rings is 1. The third kappa shape index (κ3) is 3.85. The van der Waals surface area contributed by atoms with Gasteiger partial charge in [-0.05, 0) is 37.1 Å². The molecule has 0 saturated heterocycles. The van der Waals surface area contributed by atoms with Crippen molar-refractivity contribution in [3.63, 3.8) is 0 Å². The summed E-state index contributed by atoms with van der Waals surface area (Å²) in [5, 5.41) is 5.40. The molecule has 0 saturated carbocycles. The van der Waals surface area contributed by atoms with Crippen molar-refractivity contribution in [2.24, 2.45) is 0 Å². The number of anilines is 2. The predicted molar refractivity (Wildman–Crippen MR) is 83.7 cm³/mol. The number of methoxy groups -OCH3 is 2. The van der Waals surface area contributed by atoms with Crippen LogP contribution < -0.4 is 20.1 Å². The number of hydrogen-bond acceptors (Lipinski definition) is 5. The molecule has 1 heterocycles. The Hall–Kier alpha value is -2.83. The molecule has 0 unspecified atom stereocenters. The van der Waals surface area contributed by atoms with Gasteiger partial charge < -0.3 is 20.1 Å². The Balaban J connectivity index is 2.11. The van der Waals surface area contributed by atoms with Crippen molar-refractivity contribution in [3.8, 4) is 11.9 Å². The Morgan fingerprint density at radius 1 is 1.05 bits per heavy atom. The minimum Gasteiger partial charge on any atom is -0.479 e. The van der Waals surface area contributed by atoms with Crippen molar-refractivity contribution < 1.29 is 14.3 Å². The van der Waals surface area contributed by atoms with Gasteiger partial charge in [-0.25, -0.2) is 9.78 Å². The number of hydrogen-bond donors (Lipinski definition) is 2. The van der Waals surface area contributed by atoms with Crippen LogP contribution in [0.3, 0.4) is 0 Å². The molecule has 2 rings (SSSR count). The summed E-state index contributed by atoms with van der Waals surface area (Å²) in [6.45, 7) is 3.94. The average Bonchev–Trinajstić information content (AvgIpc) is 2.46. The molecule has 1 aromatic carbocycles. The van der Waals surface area contributed by atoms with Crippen LogP contribution in [0.2, 0.25) is 0 Å². The van der Waals surface area contributed by atoms with Gasteiger partial charge in [0, 0.05) is 5.69 Å². The third-order valence-corrected chi connectivity index (χ3v) is 2.84. The number of amides is 2. The lowest BCUT2D eigenvalue weighted by molar-refractivity contribution is 0.262. The van der Waals surface area contributed by atoms with Crippen molar-refractivity contribution in [3.05, 3.63) is 35.5 Å². The summed E-state index contributed by atoms with van der Waals surface area (Å²) in [6.07, 6.45) is 1.42. The minimum atomic E-state index is -0.405. The minimum absolute atomic E-state index is 0.164. The topological polar surface area (TPSA) is 85.4 Å². The maximum absolute atomic E-state index is 12.1. The monoisotopic (exact) mass is 302 g/mol. The smallest absolute Gasteiger partial charge is 0.323 e. The van der Waals surface area contributed by atoms with Gasteiger partial charge in [0.2, 0.25) is 5.88 Å². The summed E-state index contributed by atoms with van der Waals surface area (Å²) in [5.74, 6) is 0.224. The Morgan fingerprint density at radius 2 is 1.73 bits per heavy atom.